The second-order valence-electron chi connectivity index (χ2n) is 7.77. The van der Waals surface area contributed by atoms with Gasteiger partial charge in [-0.05, 0) is 29.7 Å². The summed E-state index contributed by atoms with van der Waals surface area (Å²) < 4.78 is 6.20. The average molecular weight is 438 g/mol. The Bertz CT molecular complexity index is 1320. The van der Waals surface area contributed by atoms with Gasteiger partial charge in [-0.2, -0.15) is 10.5 Å². The summed E-state index contributed by atoms with van der Waals surface area (Å²) >= 11 is 0. The first-order chi connectivity index (χ1) is 15.9. The topological polar surface area (TPSA) is 158 Å². The molecule has 0 saturated heterocycles. The number of nitrogen functional groups attached to an aromatic ring is 2. The van der Waals surface area contributed by atoms with Gasteiger partial charge in [-0.25, -0.2) is 9.98 Å². The summed E-state index contributed by atoms with van der Waals surface area (Å²) in [7, 11) is 0. The van der Waals surface area contributed by atoms with E-state index in [0.29, 0.717) is 34.4 Å². The molecule has 0 amide bonds. The van der Waals surface area contributed by atoms with Crippen molar-refractivity contribution in [3.8, 4) is 23.8 Å². The summed E-state index contributed by atoms with van der Waals surface area (Å²) in [5.74, 6) is 2.13. The molecule has 0 fully saturated rings. The van der Waals surface area contributed by atoms with Gasteiger partial charge in [-0.15, -0.1) is 0 Å². The molecule has 2 aromatic carbocycles. The van der Waals surface area contributed by atoms with Crippen LogP contribution < -0.4 is 26.8 Å². The zero-order valence-corrected chi connectivity index (χ0v) is 18.1. The van der Waals surface area contributed by atoms with Crippen molar-refractivity contribution in [2.75, 3.05) is 16.8 Å². The number of nitrogens with one attached hydrogen (secondary N) is 2. The number of guanidine groups is 1. The Hall–Kier alpha value is -4.76. The maximum absolute atomic E-state index is 9.52. The highest BCUT2D eigenvalue weighted by atomic mass is 16.5. The number of aromatic nitrogens is 1. The van der Waals surface area contributed by atoms with Gasteiger partial charge < -0.3 is 21.5 Å². The number of anilines is 3. The fraction of sp³-hybridized carbons (Fsp3) is 0.167. The van der Waals surface area contributed by atoms with Crippen LogP contribution in [0.5, 0.6) is 11.5 Å². The summed E-state index contributed by atoms with van der Waals surface area (Å²) in [6, 6.07) is 16.6. The number of hydrogen-bond donors (Lipinski definition) is 4. The van der Waals surface area contributed by atoms with E-state index >= 15 is 0 Å². The lowest BCUT2D eigenvalue weighted by atomic mass is 9.94. The van der Waals surface area contributed by atoms with E-state index in [4.69, 9.17) is 21.5 Å². The van der Waals surface area contributed by atoms with Crippen molar-refractivity contribution in [2.24, 2.45) is 4.99 Å². The fourth-order valence-electron chi connectivity index (χ4n) is 3.65. The largest absolute Gasteiger partial charge is 0.457 e. The molecule has 1 atom stereocenters. The Kier molecular flexibility index (Phi) is 5.71. The van der Waals surface area contributed by atoms with Crippen molar-refractivity contribution >= 4 is 23.3 Å². The quantitative estimate of drug-likeness (QED) is 0.352. The van der Waals surface area contributed by atoms with Crippen LogP contribution in [0.15, 0.2) is 53.5 Å². The molecule has 1 aliphatic rings. The second kappa shape index (κ2) is 8.77. The van der Waals surface area contributed by atoms with E-state index < -0.39 is 6.04 Å². The number of ether oxygens (including phenoxy) is 1. The van der Waals surface area contributed by atoms with Gasteiger partial charge in [0, 0.05) is 11.1 Å². The Labute approximate surface area is 191 Å². The van der Waals surface area contributed by atoms with E-state index in [0.717, 1.165) is 0 Å². The first kappa shape index (κ1) is 21.5. The van der Waals surface area contributed by atoms with Gasteiger partial charge in [-0.3, -0.25) is 5.32 Å². The number of para-hydroxylation sites is 1. The molecule has 1 aliphatic heterocycles. The molecule has 0 spiro atoms. The second-order valence-corrected chi connectivity index (χ2v) is 7.77. The van der Waals surface area contributed by atoms with E-state index in [1.165, 1.54) is 5.56 Å². The Morgan fingerprint density at radius 3 is 2.48 bits per heavy atom. The van der Waals surface area contributed by atoms with Crippen LogP contribution in [-0.2, 0) is 0 Å². The minimum absolute atomic E-state index is 0.00650. The average Bonchev–Trinajstić information content (AvgIpc) is 2.79. The van der Waals surface area contributed by atoms with Crippen molar-refractivity contribution in [1.82, 2.24) is 10.3 Å². The molecule has 0 saturated carbocycles. The Morgan fingerprint density at radius 2 is 1.82 bits per heavy atom. The number of nitrogens with zero attached hydrogens (tertiary/aromatic N) is 4. The predicted molar refractivity (Wildman–Crippen MR) is 126 cm³/mol. The van der Waals surface area contributed by atoms with Crippen LogP contribution in [0.25, 0.3) is 0 Å². The monoisotopic (exact) mass is 438 g/mol. The third-order valence-corrected chi connectivity index (χ3v) is 5.35. The number of nitriles is 2. The van der Waals surface area contributed by atoms with Gasteiger partial charge in [-0.1, -0.05) is 44.2 Å². The lowest BCUT2D eigenvalue weighted by Gasteiger charge is -2.27. The minimum atomic E-state index is -0.691. The first-order valence-corrected chi connectivity index (χ1v) is 10.3. The highest BCUT2D eigenvalue weighted by molar-refractivity contribution is 5.98. The number of hydrogen-bond acceptors (Lipinski definition) is 9. The number of nitrogens with two attached hydrogens (primary N) is 2. The zero-order valence-electron chi connectivity index (χ0n) is 18.1. The van der Waals surface area contributed by atoms with Crippen LogP contribution >= 0.6 is 0 Å². The Morgan fingerprint density at radius 1 is 1.09 bits per heavy atom. The first-order valence-electron chi connectivity index (χ1n) is 10.3. The van der Waals surface area contributed by atoms with Gasteiger partial charge in [0.15, 0.2) is 6.19 Å². The molecular weight excluding hydrogens is 416 g/mol. The van der Waals surface area contributed by atoms with Crippen molar-refractivity contribution in [3.63, 3.8) is 0 Å². The SMILES string of the molecule is CC(C)c1ccc(Oc2ccccc2C2N=C(NC#N)Nc3nc(N)c(C#N)c(N)c32)cc1. The molecule has 2 heterocycles. The van der Waals surface area contributed by atoms with Gasteiger partial charge >= 0.3 is 0 Å². The highest BCUT2D eigenvalue weighted by Gasteiger charge is 2.31. The maximum Gasteiger partial charge on any atom is 0.211 e. The molecule has 3 aromatic rings. The highest BCUT2D eigenvalue weighted by Crippen LogP contribution is 2.43. The summed E-state index contributed by atoms with van der Waals surface area (Å²) in [6.45, 7) is 4.26. The molecule has 0 bridgehead atoms. The molecular formula is C24H22N8O. The molecule has 33 heavy (non-hydrogen) atoms. The molecule has 9 heteroatoms. The van der Waals surface area contributed by atoms with Crippen LogP contribution in [-0.4, -0.2) is 10.9 Å². The van der Waals surface area contributed by atoms with E-state index in [9.17, 15) is 5.26 Å². The lowest BCUT2D eigenvalue weighted by Crippen LogP contribution is -2.32. The molecule has 0 radical (unpaired) electrons. The molecule has 164 valence electrons. The smallest absolute Gasteiger partial charge is 0.211 e. The van der Waals surface area contributed by atoms with Gasteiger partial charge in [0.2, 0.25) is 5.96 Å². The Balaban J connectivity index is 1.82. The van der Waals surface area contributed by atoms with E-state index in [-0.39, 0.29) is 23.0 Å². The van der Waals surface area contributed by atoms with Crippen LogP contribution in [0, 0.1) is 22.8 Å². The fourth-order valence-corrected chi connectivity index (χ4v) is 3.65. The predicted octanol–water partition coefficient (Wildman–Crippen LogP) is 3.97. The normalized spacial score (nSPS) is 14.3. The third-order valence-electron chi connectivity index (χ3n) is 5.35. The van der Waals surface area contributed by atoms with Crippen molar-refractivity contribution < 1.29 is 4.74 Å². The van der Waals surface area contributed by atoms with E-state index in [2.05, 4.69) is 34.5 Å². The van der Waals surface area contributed by atoms with Crippen molar-refractivity contribution in [3.05, 3.63) is 70.8 Å². The summed E-state index contributed by atoms with van der Waals surface area (Å²) in [6.07, 6.45) is 1.84. The van der Waals surface area contributed by atoms with Crippen molar-refractivity contribution in [2.45, 2.75) is 25.8 Å². The lowest BCUT2D eigenvalue weighted by molar-refractivity contribution is 0.473. The van der Waals surface area contributed by atoms with E-state index in [1.54, 1.807) is 0 Å². The number of pyridine rings is 1. The maximum atomic E-state index is 9.52. The molecule has 1 unspecified atom stereocenters. The zero-order chi connectivity index (χ0) is 23.5. The number of aliphatic imine (C=N–C) groups is 1. The number of benzene rings is 2. The van der Waals surface area contributed by atoms with Crippen LogP contribution in [0.2, 0.25) is 0 Å². The molecule has 0 aliphatic carbocycles. The molecule has 1 aromatic heterocycles. The molecule has 6 N–H and O–H groups in total. The standard InChI is InChI=1S/C24H22N8O/c1-13(2)14-7-9-15(10-8-14)33-18-6-4-3-5-16(18)21-19-20(27)17(11-25)22(28)31-23(19)32-24(30-21)29-12-26/h3-10,13,21H,1-2H3,(H6,27,28,29,30,31,32). The van der Waals surface area contributed by atoms with Crippen LogP contribution in [0.3, 0.4) is 0 Å². The number of rotatable bonds is 4. The van der Waals surface area contributed by atoms with Gasteiger partial charge in [0.05, 0.1) is 5.69 Å². The third kappa shape index (κ3) is 4.08. The van der Waals surface area contributed by atoms with Gasteiger partial charge in [0.25, 0.3) is 0 Å². The van der Waals surface area contributed by atoms with Crippen molar-refractivity contribution in [1.29, 1.82) is 10.5 Å². The summed E-state index contributed by atoms with van der Waals surface area (Å²) in [5.41, 5.74) is 14.9. The summed E-state index contributed by atoms with van der Waals surface area (Å²) in [4.78, 5) is 8.90. The molecule has 4 rings (SSSR count). The van der Waals surface area contributed by atoms with E-state index in [1.807, 2.05) is 60.8 Å². The number of fused-ring (bicyclic) bond motifs is 1. The van der Waals surface area contributed by atoms with Gasteiger partial charge in [0.1, 0.15) is 40.8 Å². The minimum Gasteiger partial charge on any atom is -0.457 e. The molecule has 9 nitrogen and oxygen atoms in total. The van der Waals surface area contributed by atoms with Crippen LogP contribution in [0.4, 0.5) is 17.3 Å². The summed E-state index contributed by atoms with van der Waals surface area (Å²) in [5, 5.41) is 24.0. The van der Waals surface area contributed by atoms with Crippen LogP contribution in [0.1, 0.15) is 48.1 Å².